The van der Waals surface area contributed by atoms with Crippen molar-refractivity contribution in [2.75, 3.05) is 7.11 Å². The zero-order chi connectivity index (χ0) is 16.3. The van der Waals surface area contributed by atoms with Gasteiger partial charge < -0.3 is 4.74 Å². The summed E-state index contributed by atoms with van der Waals surface area (Å²) in [6.07, 6.45) is 4.72. The first-order chi connectivity index (χ1) is 10.3. The first-order valence-corrected chi connectivity index (χ1v) is 9.38. The molecule has 0 heterocycles. The number of aryl methyl sites for hydroxylation is 1. The summed E-state index contributed by atoms with van der Waals surface area (Å²) < 4.78 is 36.3. The molecule has 0 saturated heterocycles. The van der Waals surface area contributed by atoms with Gasteiger partial charge in [-0.2, -0.15) is 8.42 Å². The largest absolute Gasteiger partial charge is 0.496 e. The van der Waals surface area contributed by atoms with Gasteiger partial charge in [-0.3, -0.25) is 4.18 Å². The number of benzene rings is 1. The monoisotopic (exact) mass is 326 g/mol. The molecule has 1 fully saturated rings. The second kappa shape index (κ2) is 7.01. The predicted octanol–water partition coefficient (Wildman–Crippen LogP) is 4.17. The minimum atomic E-state index is -3.74. The number of ether oxygens (including phenoxy) is 1. The van der Waals surface area contributed by atoms with E-state index in [9.17, 15) is 8.42 Å². The molecule has 0 N–H and O–H groups in total. The molecule has 0 radical (unpaired) electrons. The summed E-state index contributed by atoms with van der Waals surface area (Å²) in [5.74, 6) is 0.787. The molecule has 22 heavy (non-hydrogen) atoms. The Balaban J connectivity index is 2.38. The third-order valence-electron chi connectivity index (χ3n) is 4.23. The lowest BCUT2D eigenvalue weighted by molar-refractivity contribution is 0.162. The fourth-order valence-corrected chi connectivity index (χ4v) is 4.52. The molecule has 2 rings (SSSR count). The van der Waals surface area contributed by atoms with Crippen LogP contribution in [0.3, 0.4) is 0 Å². The maximum Gasteiger partial charge on any atom is 0.297 e. The first-order valence-electron chi connectivity index (χ1n) is 7.97. The molecular formula is C17H26O4S. The molecular weight excluding hydrogens is 300 g/mol. The van der Waals surface area contributed by atoms with Crippen LogP contribution in [0, 0.1) is 6.92 Å². The van der Waals surface area contributed by atoms with Gasteiger partial charge in [0.25, 0.3) is 10.1 Å². The zero-order valence-corrected chi connectivity index (χ0v) is 14.7. The van der Waals surface area contributed by atoms with Gasteiger partial charge in [-0.15, -0.1) is 0 Å². The molecule has 1 aromatic carbocycles. The van der Waals surface area contributed by atoms with E-state index < -0.39 is 10.1 Å². The maximum absolute atomic E-state index is 12.7. The lowest BCUT2D eigenvalue weighted by Gasteiger charge is -2.23. The smallest absolute Gasteiger partial charge is 0.297 e. The number of rotatable bonds is 5. The van der Waals surface area contributed by atoms with Crippen molar-refractivity contribution in [1.29, 1.82) is 0 Å². The molecule has 0 spiro atoms. The molecule has 0 bridgehead atoms. The van der Waals surface area contributed by atoms with Crippen molar-refractivity contribution >= 4 is 10.1 Å². The van der Waals surface area contributed by atoms with E-state index >= 15 is 0 Å². The molecule has 0 atom stereocenters. The lowest BCUT2D eigenvalue weighted by Crippen LogP contribution is -2.22. The highest BCUT2D eigenvalue weighted by Crippen LogP contribution is 2.33. The molecule has 0 aliphatic heterocycles. The van der Waals surface area contributed by atoms with Crippen LogP contribution in [-0.2, 0) is 14.3 Å². The van der Waals surface area contributed by atoms with E-state index in [1.807, 2.05) is 26.8 Å². The molecule has 4 nitrogen and oxygen atoms in total. The lowest BCUT2D eigenvalue weighted by atomic mass is 9.98. The van der Waals surface area contributed by atoms with Crippen LogP contribution in [0.1, 0.15) is 63.0 Å². The number of methoxy groups -OCH3 is 1. The van der Waals surface area contributed by atoms with E-state index in [1.54, 1.807) is 13.2 Å². The maximum atomic E-state index is 12.7. The van der Waals surface area contributed by atoms with Gasteiger partial charge >= 0.3 is 0 Å². The molecule has 1 aromatic rings. The van der Waals surface area contributed by atoms with Gasteiger partial charge in [0.1, 0.15) is 5.75 Å². The van der Waals surface area contributed by atoms with Crippen LogP contribution >= 0.6 is 0 Å². The molecule has 0 aromatic heterocycles. The van der Waals surface area contributed by atoms with Crippen molar-refractivity contribution in [2.45, 2.75) is 69.8 Å². The van der Waals surface area contributed by atoms with E-state index in [4.69, 9.17) is 8.92 Å². The summed E-state index contributed by atoms with van der Waals surface area (Å²) in [5, 5.41) is 0. The van der Waals surface area contributed by atoms with Crippen LogP contribution in [0.5, 0.6) is 5.75 Å². The minimum absolute atomic E-state index is 0.0780. The third-order valence-corrected chi connectivity index (χ3v) is 5.65. The molecule has 1 saturated carbocycles. The van der Waals surface area contributed by atoms with Crippen LogP contribution in [0.25, 0.3) is 0 Å². The van der Waals surface area contributed by atoms with Crippen molar-refractivity contribution in [2.24, 2.45) is 0 Å². The second-order valence-electron chi connectivity index (χ2n) is 6.32. The summed E-state index contributed by atoms with van der Waals surface area (Å²) >= 11 is 0. The normalized spacial score (nSPS) is 17.0. The Morgan fingerprint density at radius 2 is 1.77 bits per heavy atom. The summed E-state index contributed by atoms with van der Waals surface area (Å²) in [6, 6.07) is 3.49. The van der Waals surface area contributed by atoms with Crippen LogP contribution in [0.4, 0.5) is 0 Å². The van der Waals surface area contributed by atoms with Crippen LogP contribution in [0.2, 0.25) is 0 Å². The van der Waals surface area contributed by atoms with Crippen molar-refractivity contribution in [3.8, 4) is 5.75 Å². The summed E-state index contributed by atoms with van der Waals surface area (Å²) in [6.45, 7) is 5.80. The van der Waals surface area contributed by atoms with Crippen molar-refractivity contribution in [1.82, 2.24) is 0 Å². The standard InChI is InChI=1S/C17H26O4S/c1-12(2)15-11-16(20-4)13(3)10-17(15)22(18,19)21-14-8-6-5-7-9-14/h10-12,14H,5-9H2,1-4H3. The van der Waals surface area contributed by atoms with Gasteiger partial charge in [0, 0.05) is 0 Å². The molecule has 1 aliphatic rings. The first kappa shape index (κ1) is 17.3. The number of hydrogen-bond acceptors (Lipinski definition) is 4. The molecule has 124 valence electrons. The Morgan fingerprint density at radius 3 is 2.32 bits per heavy atom. The van der Waals surface area contributed by atoms with Crippen LogP contribution < -0.4 is 4.74 Å². The van der Waals surface area contributed by atoms with Gasteiger partial charge in [0.05, 0.1) is 18.1 Å². The Kier molecular flexibility index (Phi) is 5.50. The predicted molar refractivity (Wildman–Crippen MR) is 87.0 cm³/mol. The minimum Gasteiger partial charge on any atom is -0.496 e. The molecule has 5 heteroatoms. The van der Waals surface area contributed by atoms with Crippen molar-refractivity contribution < 1.29 is 17.3 Å². The Bertz CT molecular complexity index is 614. The average Bonchev–Trinajstić information content (AvgIpc) is 2.47. The van der Waals surface area contributed by atoms with E-state index in [2.05, 4.69) is 0 Å². The highest BCUT2D eigenvalue weighted by molar-refractivity contribution is 7.86. The fraction of sp³-hybridized carbons (Fsp3) is 0.647. The van der Waals surface area contributed by atoms with Crippen molar-refractivity contribution in [3.63, 3.8) is 0 Å². The third kappa shape index (κ3) is 3.82. The summed E-state index contributed by atoms with van der Waals surface area (Å²) in [4.78, 5) is 0.284. The second-order valence-corrected chi connectivity index (χ2v) is 7.87. The molecule has 0 unspecified atom stereocenters. The van der Waals surface area contributed by atoms with E-state index in [1.165, 1.54) is 6.42 Å². The summed E-state index contributed by atoms with van der Waals surface area (Å²) in [7, 11) is -2.14. The molecule has 0 amide bonds. The van der Waals surface area contributed by atoms with Gasteiger partial charge in [-0.1, -0.05) is 33.1 Å². The van der Waals surface area contributed by atoms with Crippen LogP contribution in [0.15, 0.2) is 17.0 Å². The Hall–Kier alpha value is -1.07. The average molecular weight is 326 g/mol. The SMILES string of the molecule is COc1cc(C(C)C)c(S(=O)(=O)OC2CCCCC2)cc1C. The fourth-order valence-electron chi connectivity index (χ4n) is 2.96. The highest BCUT2D eigenvalue weighted by atomic mass is 32.2. The Labute approximate surface area is 134 Å². The topological polar surface area (TPSA) is 52.6 Å². The Morgan fingerprint density at radius 1 is 1.14 bits per heavy atom. The zero-order valence-electron chi connectivity index (χ0n) is 13.9. The van der Waals surface area contributed by atoms with Crippen molar-refractivity contribution in [3.05, 3.63) is 23.3 Å². The van der Waals surface area contributed by atoms with Gasteiger partial charge in [-0.25, -0.2) is 0 Å². The van der Waals surface area contributed by atoms with E-state index in [-0.39, 0.29) is 16.9 Å². The van der Waals surface area contributed by atoms with E-state index in [0.717, 1.165) is 36.8 Å². The van der Waals surface area contributed by atoms with Gasteiger partial charge in [-0.05, 0) is 48.9 Å². The van der Waals surface area contributed by atoms with Gasteiger partial charge in [0.15, 0.2) is 0 Å². The molecule has 1 aliphatic carbocycles. The summed E-state index contributed by atoms with van der Waals surface area (Å²) in [5.41, 5.74) is 1.55. The van der Waals surface area contributed by atoms with Gasteiger partial charge in [0.2, 0.25) is 0 Å². The number of hydrogen-bond donors (Lipinski definition) is 0. The quantitative estimate of drug-likeness (QED) is 0.762. The van der Waals surface area contributed by atoms with E-state index in [0.29, 0.717) is 5.75 Å². The van der Waals surface area contributed by atoms with Crippen LogP contribution in [-0.4, -0.2) is 21.6 Å². The highest BCUT2D eigenvalue weighted by Gasteiger charge is 2.27.